The van der Waals surface area contributed by atoms with Gasteiger partial charge in [-0.1, -0.05) is 153 Å². The van der Waals surface area contributed by atoms with Crippen molar-refractivity contribution < 1.29 is 1.37 Å². The van der Waals surface area contributed by atoms with Crippen molar-refractivity contribution in [3.63, 3.8) is 0 Å². The molecule has 2 aliphatic rings. The quantitative estimate of drug-likeness (QED) is 0.141. The number of benzene rings is 5. The van der Waals surface area contributed by atoms with Gasteiger partial charge in [-0.05, 0) is 131 Å². The minimum absolute atomic E-state index is 0.569. The Kier molecular flexibility index (Phi) is 9.88. The van der Waals surface area contributed by atoms with Crippen LogP contribution in [0.4, 0.5) is 0 Å². The van der Waals surface area contributed by atoms with Gasteiger partial charge in [0.2, 0.25) is 0 Å². The summed E-state index contributed by atoms with van der Waals surface area (Å²) in [6.07, 6.45) is 15.1. The number of pyridine rings is 2. The van der Waals surface area contributed by atoms with Gasteiger partial charge in [0.15, 0.2) is 0 Å². The number of hydrogen-bond donors (Lipinski definition) is 0. The van der Waals surface area contributed by atoms with Gasteiger partial charge < -0.3 is 0 Å². The van der Waals surface area contributed by atoms with E-state index in [9.17, 15) is 1.37 Å². The summed E-state index contributed by atoms with van der Waals surface area (Å²) in [6.45, 7) is 2.21. The van der Waals surface area contributed by atoms with Crippen LogP contribution in [0.1, 0.15) is 92.4 Å². The predicted molar refractivity (Wildman–Crippen MR) is 230 cm³/mol. The molecule has 0 spiro atoms. The molecule has 0 aliphatic heterocycles. The van der Waals surface area contributed by atoms with Gasteiger partial charge in [0.05, 0.1) is 11.4 Å². The molecule has 0 amide bonds. The second-order valence-electron chi connectivity index (χ2n) is 15.8. The van der Waals surface area contributed by atoms with Crippen LogP contribution in [0.15, 0.2) is 152 Å². The molecule has 55 heavy (non-hydrogen) atoms. The summed E-state index contributed by atoms with van der Waals surface area (Å²) in [5.74, 6) is 0.123. The van der Waals surface area contributed by atoms with E-state index in [1.807, 2.05) is 24.5 Å². The Morgan fingerprint density at radius 1 is 0.509 bits per heavy atom. The van der Waals surface area contributed by atoms with E-state index in [0.29, 0.717) is 5.92 Å². The first-order valence-electron chi connectivity index (χ1n) is 20.9. The zero-order valence-corrected chi connectivity index (χ0v) is 32.0. The third-order valence-electron chi connectivity index (χ3n) is 12.0. The summed E-state index contributed by atoms with van der Waals surface area (Å²) in [7, 11) is 0. The maximum Gasteiger partial charge on any atom is 0.0708 e. The summed E-state index contributed by atoms with van der Waals surface area (Å²) >= 11 is 0. The maximum absolute atomic E-state index is 9.46. The molecular formula is C53H50N2. The fourth-order valence-corrected chi connectivity index (χ4v) is 9.03. The van der Waals surface area contributed by atoms with E-state index < -0.39 is 5.89 Å². The molecule has 0 saturated heterocycles. The molecule has 2 heterocycles. The lowest BCUT2D eigenvalue weighted by molar-refractivity contribution is 0.720. The van der Waals surface area contributed by atoms with Crippen LogP contribution >= 0.6 is 0 Å². The topological polar surface area (TPSA) is 25.8 Å². The number of rotatable bonds is 10. The maximum atomic E-state index is 9.46. The fraction of sp³-hybridized carbons (Fsp3) is 0.245. The van der Waals surface area contributed by atoms with Gasteiger partial charge in [0.25, 0.3) is 0 Å². The van der Waals surface area contributed by atoms with Crippen molar-refractivity contribution >= 4 is 0 Å². The molecule has 0 atom stereocenters. The lowest BCUT2D eigenvalue weighted by Crippen LogP contribution is -1.99. The highest BCUT2D eigenvalue weighted by molar-refractivity contribution is 5.85. The van der Waals surface area contributed by atoms with Crippen LogP contribution in [-0.2, 0) is 12.8 Å². The van der Waals surface area contributed by atoms with Crippen LogP contribution in [0.25, 0.3) is 55.9 Å². The number of nitrogens with zero attached hydrogens (tertiary/aromatic N) is 2. The number of hydrogen-bond acceptors (Lipinski definition) is 2. The van der Waals surface area contributed by atoms with Crippen LogP contribution in [0, 0.1) is 6.92 Å². The third-order valence-corrected chi connectivity index (χ3v) is 12.0. The lowest BCUT2D eigenvalue weighted by atomic mass is 9.88. The summed E-state index contributed by atoms with van der Waals surface area (Å²) in [4.78, 5) is 9.53. The van der Waals surface area contributed by atoms with Crippen molar-refractivity contribution in [1.29, 1.82) is 0 Å². The van der Waals surface area contributed by atoms with Gasteiger partial charge in [-0.15, -0.1) is 0 Å². The summed E-state index contributed by atoms with van der Waals surface area (Å²) in [6, 6.07) is 51.1. The molecule has 0 N–H and O–H groups in total. The van der Waals surface area contributed by atoms with Gasteiger partial charge in [-0.2, -0.15) is 0 Å². The van der Waals surface area contributed by atoms with Crippen molar-refractivity contribution in [3.8, 4) is 55.9 Å². The minimum Gasteiger partial charge on any atom is -0.256 e. The molecule has 0 radical (unpaired) electrons. The molecule has 2 aromatic heterocycles. The normalized spacial score (nSPS) is 15.6. The van der Waals surface area contributed by atoms with Gasteiger partial charge in [0, 0.05) is 24.9 Å². The van der Waals surface area contributed by atoms with Crippen LogP contribution in [0.3, 0.4) is 0 Å². The molecule has 9 rings (SSSR count). The van der Waals surface area contributed by atoms with E-state index in [0.717, 1.165) is 72.2 Å². The van der Waals surface area contributed by atoms with Gasteiger partial charge in [0.1, 0.15) is 0 Å². The standard InChI is InChI=1S/C53H50N2/c1-37-32-39(18-17-38-19-21-45(22-20-38)52-16-8-9-31-54-52)34-47(33-37)49-15-7-6-14-48(49)43-27-29-46(30-28-43)53-35-50(51(36-55-53)42-12-4-5-13-42)44-25-23-41(24-26-44)40-10-2-3-11-40/h6-9,14-16,19-36,40,42H,2-5,10-13,17-18H2,1H3/i42D. The molecule has 7 aromatic rings. The van der Waals surface area contributed by atoms with Crippen molar-refractivity contribution in [2.45, 2.75) is 82.9 Å². The number of aromatic nitrogens is 2. The Labute approximate surface area is 328 Å². The van der Waals surface area contributed by atoms with Crippen LogP contribution in [0.5, 0.6) is 0 Å². The van der Waals surface area contributed by atoms with Gasteiger partial charge in [-0.25, -0.2) is 0 Å². The first-order chi connectivity index (χ1) is 27.5. The van der Waals surface area contributed by atoms with E-state index in [2.05, 4.69) is 139 Å². The Bertz CT molecular complexity index is 2420. The third kappa shape index (κ3) is 7.82. The smallest absolute Gasteiger partial charge is 0.0708 e. The molecule has 2 heteroatoms. The largest absolute Gasteiger partial charge is 0.256 e. The zero-order chi connectivity index (χ0) is 37.9. The number of aryl methyl sites for hydroxylation is 3. The van der Waals surface area contributed by atoms with E-state index >= 15 is 0 Å². The highest BCUT2D eigenvalue weighted by Gasteiger charge is 2.23. The lowest BCUT2D eigenvalue weighted by Gasteiger charge is -2.18. The molecule has 2 fully saturated rings. The Hall–Kier alpha value is -5.60. The van der Waals surface area contributed by atoms with Gasteiger partial charge in [-0.3, -0.25) is 9.97 Å². The predicted octanol–water partition coefficient (Wildman–Crippen LogP) is 14.2. The molecule has 2 aliphatic carbocycles. The van der Waals surface area contributed by atoms with Gasteiger partial charge >= 0.3 is 0 Å². The summed E-state index contributed by atoms with van der Waals surface area (Å²) in [5.41, 5.74) is 18.0. The molecule has 2 saturated carbocycles. The fourth-order valence-electron chi connectivity index (χ4n) is 9.03. The van der Waals surface area contributed by atoms with E-state index in [1.54, 1.807) is 0 Å². The Morgan fingerprint density at radius 2 is 1.11 bits per heavy atom. The first kappa shape index (κ1) is 33.9. The monoisotopic (exact) mass is 715 g/mol. The van der Waals surface area contributed by atoms with Crippen molar-refractivity contribution in [1.82, 2.24) is 9.97 Å². The van der Waals surface area contributed by atoms with Crippen molar-refractivity contribution in [2.75, 3.05) is 0 Å². The minimum atomic E-state index is -0.569. The van der Waals surface area contributed by atoms with Crippen molar-refractivity contribution in [2.24, 2.45) is 0 Å². The molecule has 2 nitrogen and oxygen atoms in total. The average Bonchev–Trinajstić information content (AvgIpc) is 3.97. The first-order valence-corrected chi connectivity index (χ1v) is 20.4. The van der Waals surface area contributed by atoms with E-state index in [-0.39, 0.29) is 0 Å². The summed E-state index contributed by atoms with van der Waals surface area (Å²) < 4.78 is 9.46. The van der Waals surface area contributed by atoms with Crippen molar-refractivity contribution in [3.05, 3.63) is 180 Å². The highest BCUT2D eigenvalue weighted by Crippen LogP contribution is 2.42. The highest BCUT2D eigenvalue weighted by atomic mass is 14.7. The molecule has 0 unspecified atom stereocenters. The average molecular weight is 716 g/mol. The second kappa shape index (κ2) is 16.0. The molecule has 0 bridgehead atoms. The van der Waals surface area contributed by atoms with Crippen LogP contribution < -0.4 is 0 Å². The Balaban J connectivity index is 0.970. The summed E-state index contributed by atoms with van der Waals surface area (Å²) in [5, 5.41) is 0. The zero-order valence-electron chi connectivity index (χ0n) is 33.0. The second-order valence-corrected chi connectivity index (χ2v) is 15.8. The molecule has 5 aromatic carbocycles. The van der Waals surface area contributed by atoms with E-state index in [4.69, 9.17) is 4.98 Å². The Morgan fingerprint density at radius 3 is 1.84 bits per heavy atom. The van der Waals surface area contributed by atoms with Crippen LogP contribution in [-0.4, -0.2) is 9.97 Å². The van der Waals surface area contributed by atoms with Crippen LogP contribution in [0.2, 0.25) is 0 Å². The van der Waals surface area contributed by atoms with E-state index in [1.165, 1.54) is 75.8 Å². The SMILES string of the molecule is [2H]C1(c2cnc(-c3ccc(-c4ccccc4-c4cc(C)cc(CCc5ccc(-c6ccccn6)cc5)c4)cc3)cc2-c2ccc(C3CCCC3)cc2)CCCC1. The molecule has 272 valence electrons. The molecular weight excluding hydrogens is 665 g/mol.